The maximum absolute atomic E-state index is 5.92. The molecule has 0 saturated carbocycles. The Morgan fingerprint density at radius 3 is 2.93 bits per heavy atom. The Morgan fingerprint density at radius 2 is 2.27 bits per heavy atom. The Bertz CT molecular complexity index is 210. The minimum absolute atomic E-state index is 0.254. The first-order valence-corrected chi connectivity index (χ1v) is 6.04. The van der Waals surface area contributed by atoms with E-state index < -0.39 is 0 Å². The van der Waals surface area contributed by atoms with Crippen LogP contribution in [0.1, 0.15) is 26.7 Å². The standard InChI is InChI=1S/C11H23N3O/c1-8(2)11(13-12)10-6-14-5-3-4-9(14)7-15-10/h8-11,13H,3-7,12H2,1-2H3. The van der Waals surface area contributed by atoms with E-state index in [2.05, 4.69) is 24.2 Å². The van der Waals surface area contributed by atoms with Crippen LogP contribution in [0.4, 0.5) is 0 Å². The Labute approximate surface area is 92.1 Å². The molecular formula is C11H23N3O. The van der Waals surface area contributed by atoms with Crippen molar-refractivity contribution < 1.29 is 4.74 Å². The Balaban J connectivity index is 1.93. The smallest absolute Gasteiger partial charge is 0.0871 e. The summed E-state index contributed by atoms with van der Waals surface area (Å²) in [5, 5.41) is 0. The third-order valence-electron chi connectivity index (χ3n) is 3.73. The van der Waals surface area contributed by atoms with Crippen LogP contribution in [0, 0.1) is 5.92 Å². The van der Waals surface area contributed by atoms with Crippen LogP contribution >= 0.6 is 0 Å². The van der Waals surface area contributed by atoms with Crippen LogP contribution in [-0.4, -0.2) is 42.8 Å². The highest BCUT2D eigenvalue weighted by Gasteiger charge is 2.36. The van der Waals surface area contributed by atoms with Gasteiger partial charge in [-0.15, -0.1) is 0 Å². The first-order chi connectivity index (χ1) is 7.22. The predicted molar refractivity (Wildman–Crippen MR) is 60.3 cm³/mol. The lowest BCUT2D eigenvalue weighted by molar-refractivity contribution is -0.0712. The Morgan fingerprint density at radius 1 is 1.47 bits per heavy atom. The van der Waals surface area contributed by atoms with E-state index >= 15 is 0 Å². The van der Waals surface area contributed by atoms with Gasteiger partial charge in [-0.05, 0) is 25.3 Å². The molecule has 2 rings (SSSR count). The summed E-state index contributed by atoms with van der Waals surface area (Å²) >= 11 is 0. The zero-order valence-corrected chi connectivity index (χ0v) is 9.78. The van der Waals surface area contributed by atoms with Crippen molar-refractivity contribution in [2.45, 2.75) is 44.9 Å². The molecule has 0 amide bonds. The molecule has 2 fully saturated rings. The van der Waals surface area contributed by atoms with Gasteiger partial charge in [0.15, 0.2) is 0 Å². The first-order valence-electron chi connectivity index (χ1n) is 6.04. The van der Waals surface area contributed by atoms with E-state index in [-0.39, 0.29) is 12.1 Å². The Hall–Kier alpha value is -0.160. The number of hydrogen-bond acceptors (Lipinski definition) is 4. The number of nitrogens with one attached hydrogen (secondary N) is 1. The van der Waals surface area contributed by atoms with E-state index in [0.29, 0.717) is 12.0 Å². The molecule has 2 aliphatic heterocycles. The highest BCUT2D eigenvalue weighted by Crippen LogP contribution is 2.25. The lowest BCUT2D eigenvalue weighted by Gasteiger charge is -2.39. The van der Waals surface area contributed by atoms with Gasteiger partial charge in [0.1, 0.15) is 0 Å². The topological polar surface area (TPSA) is 50.5 Å². The summed E-state index contributed by atoms with van der Waals surface area (Å²) in [6.45, 7) is 7.53. The van der Waals surface area contributed by atoms with Crippen molar-refractivity contribution in [3.05, 3.63) is 0 Å². The third-order valence-corrected chi connectivity index (χ3v) is 3.73. The largest absolute Gasteiger partial charge is 0.374 e. The van der Waals surface area contributed by atoms with Gasteiger partial charge in [0.2, 0.25) is 0 Å². The molecule has 0 radical (unpaired) electrons. The number of nitrogens with two attached hydrogens (primary N) is 1. The average molecular weight is 213 g/mol. The minimum Gasteiger partial charge on any atom is -0.374 e. The molecule has 3 atom stereocenters. The molecule has 3 unspecified atom stereocenters. The van der Waals surface area contributed by atoms with Crippen LogP contribution in [0.15, 0.2) is 0 Å². The van der Waals surface area contributed by atoms with E-state index in [9.17, 15) is 0 Å². The molecule has 4 heteroatoms. The van der Waals surface area contributed by atoms with Gasteiger partial charge in [-0.25, -0.2) is 0 Å². The molecule has 0 aliphatic carbocycles. The van der Waals surface area contributed by atoms with Crippen LogP contribution in [0.2, 0.25) is 0 Å². The minimum atomic E-state index is 0.254. The van der Waals surface area contributed by atoms with Gasteiger partial charge in [-0.2, -0.15) is 0 Å². The number of nitrogens with zero attached hydrogens (tertiary/aromatic N) is 1. The third kappa shape index (κ3) is 2.33. The monoisotopic (exact) mass is 213 g/mol. The molecule has 3 N–H and O–H groups in total. The highest BCUT2D eigenvalue weighted by atomic mass is 16.5. The molecular weight excluding hydrogens is 190 g/mol. The summed E-state index contributed by atoms with van der Waals surface area (Å²) in [4.78, 5) is 2.56. The van der Waals surface area contributed by atoms with Crippen LogP contribution < -0.4 is 11.3 Å². The SMILES string of the molecule is CC(C)C(NN)C1CN2CCCC2CO1. The first kappa shape index (κ1) is 11.3. The summed E-state index contributed by atoms with van der Waals surface area (Å²) in [6, 6.07) is 0.943. The van der Waals surface area contributed by atoms with Gasteiger partial charge in [0, 0.05) is 12.6 Å². The van der Waals surface area contributed by atoms with Crippen LogP contribution in [-0.2, 0) is 4.74 Å². The van der Waals surface area contributed by atoms with E-state index in [1.54, 1.807) is 0 Å². The summed E-state index contributed by atoms with van der Waals surface area (Å²) in [5.74, 6) is 6.11. The number of fused-ring (bicyclic) bond motifs is 1. The molecule has 0 aromatic carbocycles. The quantitative estimate of drug-likeness (QED) is 0.524. The van der Waals surface area contributed by atoms with Crippen LogP contribution in [0.25, 0.3) is 0 Å². The molecule has 0 aromatic heterocycles. The summed E-state index contributed by atoms with van der Waals surface area (Å²) in [6.07, 6.45) is 2.88. The molecule has 0 bridgehead atoms. The van der Waals surface area contributed by atoms with Crippen molar-refractivity contribution in [2.75, 3.05) is 19.7 Å². The number of ether oxygens (including phenoxy) is 1. The number of morpholine rings is 1. The average Bonchev–Trinajstić information content (AvgIpc) is 2.65. The molecule has 88 valence electrons. The maximum Gasteiger partial charge on any atom is 0.0871 e. The highest BCUT2D eigenvalue weighted by molar-refractivity contribution is 4.90. The van der Waals surface area contributed by atoms with E-state index in [1.807, 2.05) is 0 Å². The van der Waals surface area contributed by atoms with Crippen molar-refractivity contribution in [3.63, 3.8) is 0 Å². The maximum atomic E-state index is 5.92. The molecule has 2 aliphatic rings. The number of hydrazine groups is 1. The zero-order chi connectivity index (χ0) is 10.8. The van der Waals surface area contributed by atoms with E-state index in [0.717, 1.165) is 13.2 Å². The number of hydrogen-bond donors (Lipinski definition) is 2. The lowest BCUT2D eigenvalue weighted by atomic mass is 9.97. The number of rotatable bonds is 3. The fourth-order valence-corrected chi connectivity index (χ4v) is 2.79. The van der Waals surface area contributed by atoms with Crippen LogP contribution in [0.3, 0.4) is 0 Å². The zero-order valence-electron chi connectivity index (χ0n) is 9.78. The van der Waals surface area contributed by atoms with E-state index in [1.165, 1.54) is 19.4 Å². The molecule has 0 aromatic rings. The molecule has 0 spiro atoms. The summed E-state index contributed by atoms with van der Waals surface area (Å²) < 4.78 is 5.92. The molecule has 4 nitrogen and oxygen atoms in total. The van der Waals surface area contributed by atoms with Gasteiger partial charge >= 0.3 is 0 Å². The summed E-state index contributed by atoms with van der Waals surface area (Å²) in [7, 11) is 0. The van der Waals surface area contributed by atoms with Crippen molar-refractivity contribution in [2.24, 2.45) is 11.8 Å². The van der Waals surface area contributed by atoms with Gasteiger partial charge in [0.05, 0.1) is 18.8 Å². The van der Waals surface area contributed by atoms with Crippen molar-refractivity contribution >= 4 is 0 Å². The van der Waals surface area contributed by atoms with Gasteiger partial charge in [-0.3, -0.25) is 16.2 Å². The normalized spacial score (nSPS) is 34.4. The van der Waals surface area contributed by atoms with Crippen molar-refractivity contribution in [1.29, 1.82) is 0 Å². The second kappa shape index (κ2) is 4.78. The van der Waals surface area contributed by atoms with Gasteiger partial charge in [0.25, 0.3) is 0 Å². The second-order valence-corrected chi connectivity index (χ2v) is 5.10. The van der Waals surface area contributed by atoms with Crippen molar-refractivity contribution in [3.8, 4) is 0 Å². The predicted octanol–water partition coefficient (Wildman–Crippen LogP) is 0.338. The Kier molecular flexibility index (Phi) is 3.61. The van der Waals surface area contributed by atoms with Gasteiger partial charge in [-0.1, -0.05) is 13.8 Å². The van der Waals surface area contributed by atoms with Crippen LogP contribution in [0.5, 0.6) is 0 Å². The fourth-order valence-electron chi connectivity index (χ4n) is 2.79. The van der Waals surface area contributed by atoms with Crippen molar-refractivity contribution in [1.82, 2.24) is 10.3 Å². The lowest BCUT2D eigenvalue weighted by Crippen LogP contribution is -2.57. The summed E-state index contributed by atoms with van der Waals surface area (Å²) in [5.41, 5.74) is 2.90. The second-order valence-electron chi connectivity index (χ2n) is 5.10. The fraction of sp³-hybridized carbons (Fsp3) is 1.00. The molecule has 2 heterocycles. The molecule has 2 saturated heterocycles. The van der Waals surface area contributed by atoms with Gasteiger partial charge < -0.3 is 4.74 Å². The van der Waals surface area contributed by atoms with E-state index in [4.69, 9.17) is 10.6 Å². The molecule has 15 heavy (non-hydrogen) atoms.